The zero-order valence-electron chi connectivity index (χ0n) is 21.4. The fraction of sp³-hybridized carbons (Fsp3) is 0.333. The van der Waals surface area contributed by atoms with E-state index >= 15 is 0 Å². The number of para-hydroxylation sites is 1. The van der Waals surface area contributed by atoms with E-state index in [2.05, 4.69) is 84.7 Å². The molecule has 4 aromatic rings. The van der Waals surface area contributed by atoms with Gasteiger partial charge in [0, 0.05) is 12.6 Å². The SMILES string of the molecule is Cc1ccccc1-n1c(SCC(=O)Nc2c(C)nn(C)c2C)nnc1-c1ccc(C(C)(C)C)cc1. The minimum atomic E-state index is -0.107. The zero-order valence-corrected chi connectivity index (χ0v) is 22.2. The van der Waals surface area contributed by atoms with Crippen LogP contribution in [0.1, 0.15) is 43.3 Å². The van der Waals surface area contributed by atoms with Gasteiger partial charge in [0.05, 0.1) is 28.5 Å². The van der Waals surface area contributed by atoms with Crippen LogP contribution in [-0.2, 0) is 17.3 Å². The van der Waals surface area contributed by atoms with Gasteiger partial charge in [-0.15, -0.1) is 10.2 Å². The topological polar surface area (TPSA) is 77.6 Å². The summed E-state index contributed by atoms with van der Waals surface area (Å²) in [5.74, 6) is 0.854. The highest BCUT2D eigenvalue weighted by molar-refractivity contribution is 7.99. The molecule has 0 aliphatic rings. The number of nitrogens with zero attached hydrogens (tertiary/aromatic N) is 5. The Morgan fingerprint density at radius 2 is 1.69 bits per heavy atom. The van der Waals surface area contributed by atoms with E-state index in [1.807, 2.05) is 37.6 Å². The molecule has 0 radical (unpaired) electrons. The first-order valence-corrected chi connectivity index (χ1v) is 12.6. The molecular formula is C27H32N6OS. The molecule has 0 bridgehead atoms. The standard InChI is InChI=1S/C27H32N6OS/c1-17-10-8-9-11-22(17)33-25(20-12-14-21(15-13-20)27(4,5)6)29-30-26(33)35-16-23(34)28-24-18(2)31-32(7)19(24)3/h8-15H,16H2,1-7H3,(H,28,34). The largest absolute Gasteiger partial charge is 0.322 e. The highest BCUT2D eigenvalue weighted by atomic mass is 32.2. The molecule has 0 saturated carbocycles. The van der Waals surface area contributed by atoms with E-state index < -0.39 is 0 Å². The van der Waals surface area contributed by atoms with Crippen molar-refractivity contribution in [2.45, 2.75) is 52.1 Å². The van der Waals surface area contributed by atoms with Gasteiger partial charge in [0.2, 0.25) is 5.91 Å². The first-order chi connectivity index (χ1) is 16.6. The summed E-state index contributed by atoms with van der Waals surface area (Å²) in [4.78, 5) is 12.8. The van der Waals surface area contributed by atoms with Crippen LogP contribution in [0.3, 0.4) is 0 Å². The Kier molecular flexibility index (Phi) is 6.85. The average molecular weight is 489 g/mol. The van der Waals surface area contributed by atoms with E-state index in [9.17, 15) is 4.79 Å². The van der Waals surface area contributed by atoms with Crippen LogP contribution in [0.4, 0.5) is 5.69 Å². The van der Waals surface area contributed by atoms with Gasteiger partial charge in [-0.2, -0.15) is 5.10 Å². The van der Waals surface area contributed by atoms with Crippen molar-refractivity contribution in [2.75, 3.05) is 11.1 Å². The van der Waals surface area contributed by atoms with Crippen molar-refractivity contribution in [1.29, 1.82) is 0 Å². The molecule has 0 atom stereocenters. The molecule has 0 aliphatic heterocycles. The highest BCUT2D eigenvalue weighted by Crippen LogP contribution is 2.31. The molecule has 0 fully saturated rings. The second-order valence-electron chi connectivity index (χ2n) is 9.76. The molecular weight excluding hydrogens is 456 g/mol. The maximum absolute atomic E-state index is 12.8. The van der Waals surface area contributed by atoms with Crippen molar-refractivity contribution < 1.29 is 4.79 Å². The fourth-order valence-electron chi connectivity index (χ4n) is 3.96. The summed E-state index contributed by atoms with van der Waals surface area (Å²) in [6, 6.07) is 16.6. The van der Waals surface area contributed by atoms with Crippen LogP contribution >= 0.6 is 11.8 Å². The maximum atomic E-state index is 12.8. The molecule has 8 heteroatoms. The van der Waals surface area contributed by atoms with Crippen molar-refractivity contribution in [3.05, 3.63) is 71.0 Å². The lowest BCUT2D eigenvalue weighted by Gasteiger charge is -2.19. The van der Waals surface area contributed by atoms with Gasteiger partial charge < -0.3 is 5.32 Å². The van der Waals surface area contributed by atoms with Crippen LogP contribution in [0.2, 0.25) is 0 Å². The summed E-state index contributed by atoms with van der Waals surface area (Å²) in [6.07, 6.45) is 0. The molecule has 1 N–H and O–H groups in total. The van der Waals surface area contributed by atoms with Gasteiger partial charge in [-0.1, -0.05) is 75.0 Å². The minimum absolute atomic E-state index is 0.0710. The molecule has 0 unspecified atom stereocenters. The molecule has 35 heavy (non-hydrogen) atoms. The predicted octanol–water partition coefficient (Wildman–Crippen LogP) is 5.62. The number of amides is 1. The van der Waals surface area contributed by atoms with Crippen LogP contribution in [-0.4, -0.2) is 36.2 Å². The van der Waals surface area contributed by atoms with Crippen molar-refractivity contribution in [3.8, 4) is 17.1 Å². The number of thioether (sulfide) groups is 1. The number of rotatable bonds is 6. The van der Waals surface area contributed by atoms with Gasteiger partial charge in [-0.25, -0.2) is 0 Å². The first kappa shape index (κ1) is 24.7. The Labute approximate surface area is 211 Å². The Morgan fingerprint density at radius 1 is 1.00 bits per heavy atom. The van der Waals surface area contributed by atoms with E-state index in [1.165, 1.54) is 17.3 Å². The van der Waals surface area contributed by atoms with Crippen LogP contribution < -0.4 is 5.32 Å². The molecule has 2 heterocycles. The van der Waals surface area contributed by atoms with E-state index in [0.717, 1.165) is 39.7 Å². The summed E-state index contributed by atoms with van der Waals surface area (Å²) in [6.45, 7) is 12.5. The highest BCUT2D eigenvalue weighted by Gasteiger charge is 2.20. The van der Waals surface area contributed by atoms with Crippen LogP contribution in [0.5, 0.6) is 0 Å². The quantitative estimate of drug-likeness (QED) is 0.356. The normalized spacial score (nSPS) is 11.6. The Balaban J connectivity index is 1.64. The fourth-order valence-corrected chi connectivity index (χ4v) is 4.71. The third-order valence-electron chi connectivity index (χ3n) is 6.10. The van der Waals surface area contributed by atoms with Gasteiger partial charge in [0.1, 0.15) is 0 Å². The lowest BCUT2D eigenvalue weighted by Crippen LogP contribution is -2.16. The number of aryl methyl sites for hydroxylation is 3. The number of carbonyl (C=O) groups excluding carboxylic acids is 1. The molecule has 0 aliphatic carbocycles. The molecule has 0 saturated heterocycles. The predicted molar refractivity (Wildman–Crippen MR) is 142 cm³/mol. The van der Waals surface area contributed by atoms with Gasteiger partial charge in [0.25, 0.3) is 0 Å². The number of benzene rings is 2. The molecule has 4 rings (SSSR count). The number of anilines is 1. The second kappa shape index (κ2) is 9.70. The zero-order chi connectivity index (χ0) is 25.3. The molecule has 2 aromatic heterocycles. The van der Waals surface area contributed by atoms with Crippen LogP contribution in [0.25, 0.3) is 17.1 Å². The summed E-state index contributed by atoms with van der Waals surface area (Å²) in [5, 5.41) is 17.1. The van der Waals surface area contributed by atoms with Crippen molar-refractivity contribution in [1.82, 2.24) is 24.5 Å². The molecule has 2 aromatic carbocycles. The monoisotopic (exact) mass is 488 g/mol. The van der Waals surface area contributed by atoms with Gasteiger partial charge >= 0.3 is 0 Å². The number of hydrogen-bond acceptors (Lipinski definition) is 5. The smallest absolute Gasteiger partial charge is 0.234 e. The van der Waals surface area contributed by atoms with Crippen molar-refractivity contribution in [3.63, 3.8) is 0 Å². The lowest BCUT2D eigenvalue weighted by atomic mass is 9.87. The minimum Gasteiger partial charge on any atom is -0.322 e. The van der Waals surface area contributed by atoms with Crippen LogP contribution in [0, 0.1) is 20.8 Å². The summed E-state index contributed by atoms with van der Waals surface area (Å²) in [5.41, 5.74) is 6.89. The molecule has 7 nitrogen and oxygen atoms in total. The number of hydrogen-bond donors (Lipinski definition) is 1. The van der Waals surface area contributed by atoms with Crippen LogP contribution in [0.15, 0.2) is 53.7 Å². The summed E-state index contributed by atoms with van der Waals surface area (Å²) < 4.78 is 3.81. The Morgan fingerprint density at radius 3 is 2.29 bits per heavy atom. The maximum Gasteiger partial charge on any atom is 0.234 e. The molecule has 182 valence electrons. The summed E-state index contributed by atoms with van der Waals surface area (Å²) in [7, 11) is 1.87. The van der Waals surface area contributed by atoms with E-state index in [4.69, 9.17) is 0 Å². The van der Waals surface area contributed by atoms with Crippen molar-refractivity contribution in [2.24, 2.45) is 7.05 Å². The summed E-state index contributed by atoms with van der Waals surface area (Å²) >= 11 is 1.37. The van der Waals surface area contributed by atoms with E-state index in [-0.39, 0.29) is 17.1 Å². The lowest BCUT2D eigenvalue weighted by molar-refractivity contribution is -0.113. The Hall–Kier alpha value is -3.39. The number of aromatic nitrogens is 5. The third-order valence-corrected chi connectivity index (χ3v) is 7.03. The third kappa shape index (κ3) is 5.17. The first-order valence-electron chi connectivity index (χ1n) is 11.6. The number of nitrogens with one attached hydrogen (secondary N) is 1. The molecule has 1 amide bonds. The average Bonchev–Trinajstić information content (AvgIpc) is 3.33. The van der Waals surface area contributed by atoms with Gasteiger partial charge in [-0.3, -0.25) is 14.0 Å². The Bertz CT molecular complexity index is 1360. The van der Waals surface area contributed by atoms with E-state index in [1.54, 1.807) is 4.68 Å². The van der Waals surface area contributed by atoms with E-state index in [0.29, 0.717) is 5.16 Å². The molecule has 0 spiro atoms. The van der Waals surface area contributed by atoms with Gasteiger partial charge in [-0.05, 0) is 43.4 Å². The number of carbonyl (C=O) groups is 1. The second-order valence-corrected chi connectivity index (χ2v) is 10.7. The van der Waals surface area contributed by atoms with Crippen molar-refractivity contribution >= 4 is 23.4 Å². The van der Waals surface area contributed by atoms with Gasteiger partial charge in [0.15, 0.2) is 11.0 Å².